The summed E-state index contributed by atoms with van der Waals surface area (Å²) in [5, 5.41) is 3.74. The van der Waals surface area contributed by atoms with E-state index in [4.69, 9.17) is 14.2 Å². The molecule has 6 rings (SSSR count). The molecule has 1 atom stereocenters. The second-order valence-corrected chi connectivity index (χ2v) is 17.9. The number of ether oxygens (including phenoxy) is 3. The number of pyridine rings is 2. The monoisotopic (exact) mass is 769 g/mol. The second-order valence-electron chi connectivity index (χ2n) is 15.4. The van der Waals surface area contributed by atoms with Crippen molar-refractivity contribution in [1.29, 1.82) is 0 Å². The summed E-state index contributed by atoms with van der Waals surface area (Å²) in [6.07, 6.45) is 2.50. The van der Waals surface area contributed by atoms with Gasteiger partial charge in [-0.15, -0.1) is 4.36 Å². The first kappa shape index (κ1) is 39.3. The minimum Gasteiger partial charge on any atom is -0.443 e. The fraction of sp³-hybridized carbons (Fsp3) is 0.390. The number of imide groups is 1. The quantitative estimate of drug-likeness (QED) is 0.190. The van der Waals surface area contributed by atoms with Crippen LogP contribution in [0.25, 0.3) is 10.8 Å². The van der Waals surface area contributed by atoms with Crippen LogP contribution >= 0.6 is 0 Å². The molecule has 2 aliphatic heterocycles. The molecule has 4 heterocycles. The number of benzene rings is 2. The number of hydrogen-bond acceptors (Lipinski definition) is 10. The van der Waals surface area contributed by atoms with Crippen LogP contribution in [0.3, 0.4) is 0 Å². The van der Waals surface area contributed by atoms with Crippen molar-refractivity contribution in [3.8, 4) is 11.8 Å². The second kappa shape index (κ2) is 14.7. The average Bonchev–Trinajstić information content (AvgIpc) is 3.32. The number of aromatic nitrogens is 2. The van der Waals surface area contributed by atoms with Crippen molar-refractivity contribution in [3.63, 3.8) is 0 Å². The standard InChI is InChI=1S/C41H44FN5O7S/c1-9-41(10-2)30-14-11-25(19-34(30)47(36(41)48)38(50)54-40(6,7)8)12-15-32-29-21-35(44-22-26(29)17-18-43-32)45-33-16-13-27(20-31(33)42)55(51,28-23-52-24-28)46-37(49)53-39(3,4)5/h11,13-14,16-22,28H,9-10,23-24H2,1-8H3,(H,44,45). The van der Waals surface area contributed by atoms with Gasteiger partial charge in [0.1, 0.15) is 28.5 Å². The predicted molar refractivity (Wildman–Crippen MR) is 207 cm³/mol. The van der Waals surface area contributed by atoms with Crippen molar-refractivity contribution in [2.24, 2.45) is 4.36 Å². The Kier molecular flexibility index (Phi) is 10.5. The van der Waals surface area contributed by atoms with E-state index in [1.807, 2.05) is 26.0 Å². The number of amides is 3. The SMILES string of the molecule is CCC1(CC)C(=O)N(C(=O)OC(C)(C)C)c2cc(C#Cc3nccc4cnc(Nc5ccc(S(=O)(=NC(=O)OC(C)(C)C)C6COC6)cc5F)cc34)ccc21. The third-order valence-corrected chi connectivity index (χ3v) is 11.9. The number of fused-ring (bicyclic) bond motifs is 2. The molecule has 3 amide bonds. The van der Waals surface area contributed by atoms with Crippen molar-refractivity contribution < 1.29 is 37.2 Å². The van der Waals surface area contributed by atoms with Crippen LogP contribution in [0.1, 0.15) is 85.1 Å². The molecule has 288 valence electrons. The largest absolute Gasteiger partial charge is 0.443 e. The normalized spacial score (nSPS) is 16.3. The first-order chi connectivity index (χ1) is 25.9. The Morgan fingerprint density at radius 3 is 2.33 bits per heavy atom. The van der Waals surface area contributed by atoms with Gasteiger partial charge in [-0.05, 0) is 108 Å². The molecule has 12 nitrogen and oxygen atoms in total. The number of anilines is 3. The number of hydrogen-bond donors (Lipinski definition) is 1. The molecular weight excluding hydrogens is 726 g/mol. The summed E-state index contributed by atoms with van der Waals surface area (Å²) >= 11 is 0. The summed E-state index contributed by atoms with van der Waals surface area (Å²) in [7, 11) is -3.41. The van der Waals surface area contributed by atoms with Gasteiger partial charge < -0.3 is 19.5 Å². The maximum absolute atomic E-state index is 15.6. The molecule has 0 radical (unpaired) electrons. The van der Waals surface area contributed by atoms with Crippen LogP contribution in [-0.4, -0.2) is 61.9 Å². The van der Waals surface area contributed by atoms with Crippen molar-refractivity contribution in [1.82, 2.24) is 9.97 Å². The Morgan fingerprint density at radius 2 is 1.71 bits per heavy atom. The lowest BCUT2D eigenvalue weighted by atomic mass is 9.77. The van der Waals surface area contributed by atoms with Gasteiger partial charge in [-0.3, -0.25) is 4.79 Å². The Morgan fingerprint density at radius 1 is 1.00 bits per heavy atom. The highest BCUT2D eigenvalue weighted by molar-refractivity contribution is 7.94. The van der Waals surface area contributed by atoms with E-state index in [0.29, 0.717) is 41.0 Å². The highest BCUT2D eigenvalue weighted by Gasteiger charge is 2.51. The van der Waals surface area contributed by atoms with Gasteiger partial charge in [0.05, 0.1) is 49.9 Å². The Hall–Kier alpha value is -5.39. The van der Waals surface area contributed by atoms with Gasteiger partial charge in [0.2, 0.25) is 5.91 Å². The van der Waals surface area contributed by atoms with Gasteiger partial charge in [0.25, 0.3) is 0 Å². The van der Waals surface area contributed by atoms with Gasteiger partial charge in [0.15, 0.2) is 0 Å². The molecule has 1 N–H and O–H groups in total. The summed E-state index contributed by atoms with van der Waals surface area (Å²) in [5.41, 5.74) is -0.289. The van der Waals surface area contributed by atoms with E-state index in [1.165, 1.54) is 12.1 Å². The van der Waals surface area contributed by atoms with E-state index in [1.54, 1.807) is 72.1 Å². The summed E-state index contributed by atoms with van der Waals surface area (Å²) in [5.74, 6) is 5.48. The maximum atomic E-state index is 15.6. The van der Waals surface area contributed by atoms with Crippen molar-refractivity contribution in [2.45, 2.75) is 95.0 Å². The van der Waals surface area contributed by atoms with Gasteiger partial charge in [-0.1, -0.05) is 25.8 Å². The molecule has 2 aliphatic rings. The highest BCUT2D eigenvalue weighted by Crippen LogP contribution is 2.47. The number of carbonyl (C=O) groups excluding carboxylic acids is 3. The molecule has 55 heavy (non-hydrogen) atoms. The lowest BCUT2D eigenvalue weighted by molar-refractivity contribution is -0.123. The average molecular weight is 770 g/mol. The summed E-state index contributed by atoms with van der Waals surface area (Å²) < 4.78 is 49.7. The van der Waals surface area contributed by atoms with E-state index in [2.05, 4.69) is 31.5 Å². The van der Waals surface area contributed by atoms with Crippen LogP contribution in [-0.2, 0) is 34.1 Å². The number of nitrogens with zero attached hydrogens (tertiary/aromatic N) is 4. The summed E-state index contributed by atoms with van der Waals surface area (Å²) in [6, 6.07) is 12.8. The number of rotatable bonds is 6. The topological polar surface area (TPSA) is 149 Å². The van der Waals surface area contributed by atoms with E-state index >= 15 is 4.39 Å². The molecule has 4 aromatic rings. The van der Waals surface area contributed by atoms with Gasteiger partial charge >= 0.3 is 12.2 Å². The zero-order valence-electron chi connectivity index (χ0n) is 32.1. The van der Waals surface area contributed by atoms with E-state index < -0.39 is 49.6 Å². The van der Waals surface area contributed by atoms with Crippen LogP contribution in [0, 0.1) is 17.7 Å². The molecule has 0 saturated carbocycles. The van der Waals surface area contributed by atoms with Crippen LogP contribution in [0.15, 0.2) is 70.2 Å². The van der Waals surface area contributed by atoms with Gasteiger partial charge in [-0.2, -0.15) is 0 Å². The zero-order valence-corrected chi connectivity index (χ0v) is 32.9. The molecule has 2 aromatic heterocycles. The maximum Gasteiger partial charge on any atom is 0.442 e. The molecule has 1 saturated heterocycles. The zero-order chi connectivity index (χ0) is 39.9. The molecule has 14 heteroatoms. The minimum atomic E-state index is -3.41. The van der Waals surface area contributed by atoms with Crippen LogP contribution in [0.4, 0.5) is 31.2 Å². The van der Waals surface area contributed by atoms with Gasteiger partial charge in [-0.25, -0.2) is 33.1 Å². The van der Waals surface area contributed by atoms with Crippen molar-refractivity contribution in [3.05, 3.63) is 83.6 Å². The molecule has 0 spiro atoms. The first-order valence-corrected chi connectivity index (χ1v) is 19.6. The first-order valence-electron chi connectivity index (χ1n) is 18.0. The molecule has 2 aromatic carbocycles. The van der Waals surface area contributed by atoms with Crippen LogP contribution < -0.4 is 10.2 Å². The lowest BCUT2D eigenvalue weighted by Gasteiger charge is -2.29. The number of nitrogens with one attached hydrogen (secondary N) is 1. The summed E-state index contributed by atoms with van der Waals surface area (Å²) in [4.78, 5) is 49.8. The summed E-state index contributed by atoms with van der Waals surface area (Å²) in [6.45, 7) is 14.3. The predicted octanol–water partition coefficient (Wildman–Crippen LogP) is 8.41. The third-order valence-electron chi connectivity index (χ3n) is 9.33. The van der Waals surface area contributed by atoms with E-state index in [0.717, 1.165) is 21.9 Å². The van der Waals surface area contributed by atoms with Crippen molar-refractivity contribution in [2.75, 3.05) is 23.4 Å². The minimum absolute atomic E-state index is 0.0446. The van der Waals surface area contributed by atoms with Gasteiger partial charge in [0, 0.05) is 28.7 Å². The fourth-order valence-corrected chi connectivity index (χ4v) is 8.45. The molecule has 0 bridgehead atoms. The van der Waals surface area contributed by atoms with Crippen LogP contribution in [0.2, 0.25) is 0 Å². The molecule has 0 aliphatic carbocycles. The van der Waals surface area contributed by atoms with E-state index in [9.17, 15) is 18.6 Å². The number of carbonyl (C=O) groups is 3. The Bertz CT molecular complexity index is 2390. The molecule has 1 unspecified atom stereocenters. The van der Waals surface area contributed by atoms with Crippen LogP contribution in [0.5, 0.6) is 0 Å². The number of halogens is 1. The Balaban J connectivity index is 1.30. The smallest absolute Gasteiger partial charge is 0.442 e. The third kappa shape index (κ3) is 7.90. The van der Waals surface area contributed by atoms with E-state index in [-0.39, 0.29) is 29.7 Å². The fourth-order valence-electron chi connectivity index (χ4n) is 6.45. The molecular formula is C41H44FN5O7S. The van der Waals surface area contributed by atoms with Crippen molar-refractivity contribution >= 4 is 55.8 Å². The highest BCUT2D eigenvalue weighted by atomic mass is 32.2. The Labute approximate surface area is 320 Å². The molecule has 1 fully saturated rings. The lowest BCUT2D eigenvalue weighted by Crippen LogP contribution is -2.44.